The molecule has 1 atom stereocenters. The predicted molar refractivity (Wildman–Crippen MR) is 103 cm³/mol. The molecular weight excluding hydrogens is 376 g/mol. The highest BCUT2D eigenvalue weighted by Gasteiger charge is 2.31. The van der Waals surface area contributed by atoms with Crippen molar-refractivity contribution in [3.8, 4) is 5.75 Å². The molecule has 9 heteroatoms. The number of hydrogen-bond donors (Lipinski definition) is 2. The lowest BCUT2D eigenvalue weighted by Crippen LogP contribution is -2.47. The summed E-state index contributed by atoms with van der Waals surface area (Å²) in [7, 11) is 1.55. The maximum absolute atomic E-state index is 12.7. The Balaban J connectivity index is 1.50. The first-order valence-electron chi connectivity index (χ1n) is 9.11. The maximum Gasteiger partial charge on any atom is 0.309 e. The summed E-state index contributed by atoms with van der Waals surface area (Å²) >= 11 is 0. The number of benzene rings is 1. The first-order chi connectivity index (χ1) is 14.1. The van der Waals surface area contributed by atoms with Gasteiger partial charge in [-0.25, -0.2) is 0 Å². The van der Waals surface area contributed by atoms with Gasteiger partial charge in [0, 0.05) is 18.3 Å². The van der Waals surface area contributed by atoms with E-state index in [-0.39, 0.29) is 19.0 Å². The van der Waals surface area contributed by atoms with Crippen LogP contribution >= 0.6 is 0 Å². The number of carbonyl (C=O) groups is 3. The van der Waals surface area contributed by atoms with Crippen LogP contribution in [-0.4, -0.2) is 60.6 Å². The van der Waals surface area contributed by atoms with Gasteiger partial charge in [-0.1, -0.05) is 6.07 Å². The van der Waals surface area contributed by atoms with Crippen LogP contribution in [0.15, 0.2) is 48.7 Å². The molecule has 0 unspecified atom stereocenters. The molecule has 1 saturated heterocycles. The number of methoxy groups -OCH3 is 1. The molecule has 9 nitrogen and oxygen atoms in total. The number of carbonyl (C=O) groups excluding carboxylic acids is 3. The molecule has 1 aromatic heterocycles. The number of nitrogens with zero attached hydrogens (tertiary/aromatic N) is 2. The maximum atomic E-state index is 12.7. The van der Waals surface area contributed by atoms with Crippen LogP contribution in [0.2, 0.25) is 0 Å². The molecule has 152 valence electrons. The highest BCUT2D eigenvalue weighted by Crippen LogP contribution is 2.17. The molecule has 0 aliphatic carbocycles. The van der Waals surface area contributed by atoms with E-state index in [4.69, 9.17) is 9.47 Å². The smallest absolute Gasteiger partial charge is 0.309 e. The third-order valence-electron chi connectivity index (χ3n) is 4.39. The van der Waals surface area contributed by atoms with E-state index in [1.807, 2.05) is 0 Å². The number of pyridine rings is 1. The summed E-state index contributed by atoms with van der Waals surface area (Å²) in [5, 5.41) is 5.00. The lowest BCUT2D eigenvalue weighted by Gasteiger charge is -2.23. The minimum absolute atomic E-state index is 0.0116. The highest BCUT2D eigenvalue weighted by molar-refractivity contribution is 6.35. The minimum Gasteiger partial charge on any atom is -0.497 e. The third kappa shape index (κ3) is 5.29. The largest absolute Gasteiger partial charge is 0.497 e. The summed E-state index contributed by atoms with van der Waals surface area (Å²) in [6.07, 6.45) is 0.963. The topological polar surface area (TPSA) is 110 Å². The molecule has 1 fully saturated rings. The van der Waals surface area contributed by atoms with Crippen LogP contribution < -0.4 is 15.4 Å². The predicted octanol–water partition coefficient (Wildman–Crippen LogP) is 0.321. The average Bonchev–Trinajstić information content (AvgIpc) is 3.24. The Hall–Kier alpha value is -3.46. The fourth-order valence-electron chi connectivity index (χ4n) is 2.84. The summed E-state index contributed by atoms with van der Waals surface area (Å²) in [5.41, 5.74) is 1.13. The lowest BCUT2D eigenvalue weighted by molar-refractivity contribution is -0.139. The van der Waals surface area contributed by atoms with Crippen molar-refractivity contribution >= 4 is 17.7 Å². The van der Waals surface area contributed by atoms with Gasteiger partial charge in [0.15, 0.2) is 0 Å². The highest BCUT2D eigenvalue weighted by atomic mass is 16.5. The van der Waals surface area contributed by atoms with Crippen LogP contribution in [0.5, 0.6) is 5.75 Å². The van der Waals surface area contributed by atoms with Crippen molar-refractivity contribution in [3.63, 3.8) is 0 Å². The first-order valence-corrected chi connectivity index (χ1v) is 9.11. The zero-order valence-electron chi connectivity index (χ0n) is 16.0. The number of aromatic nitrogens is 1. The van der Waals surface area contributed by atoms with E-state index in [0.29, 0.717) is 30.2 Å². The second-order valence-electron chi connectivity index (χ2n) is 6.27. The molecule has 3 rings (SSSR count). The summed E-state index contributed by atoms with van der Waals surface area (Å²) in [5.74, 6) is -1.14. The molecule has 2 aromatic rings. The average molecular weight is 398 g/mol. The van der Waals surface area contributed by atoms with Gasteiger partial charge in [-0.2, -0.15) is 0 Å². The van der Waals surface area contributed by atoms with Crippen molar-refractivity contribution in [2.24, 2.45) is 0 Å². The van der Waals surface area contributed by atoms with E-state index < -0.39 is 18.0 Å². The van der Waals surface area contributed by atoms with Gasteiger partial charge in [0.2, 0.25) is 0 Å². The van der Waals surface area contributed by atoms with Crippen LogP contribution in [0.4, 0.5) is 0 Å². The Bertz CT molecular complexity index is 857. The molecule has 0 saturated carbocycles. The van der Waals surface area contributed by atoms with Gasteiger partial charge in [-0.05, 0) is 36.4 Å². The van der Waals surface area contributed by atoms with Crippen molar-refractivity contribution in [3.05, 3.63) is 59.9 Å². The lowest BCUT2D eigenvalue weighted by atomic mass is 10.2. The number of amides is 3. The van der Waals surface area contributed by atoms with E-state index in [2.05, 4.69) is 15.6 Å². The summed E-state index contributed by atoms with van der Waals surface area (Å²) in [4.78, 5) is 42.2. The molecule has 0 bridgehead atoms. The monoisotopic (exact) mass is 398 g/mol. The van der Waals surface area contributed by atoms with Crippen LogP contribution in [0.25, 0.3) is 0 Å². The van der Waals surface area contributed by atoms with Gasteiger partial charge in [0.05, 0.1) is 32.5 Å². The second-order valence-corrected chi connectivity index (χ2v) is 6.27. The van der Waals surface area contributed by atoms with E-state index in [1.54, 1.807) is 55.8 Å². The van der Waals surface area contributed by atoms with Gasteiger partial charge >= 0.3 is 11.8 Å². The van der Waals surface area contributed by atoms with E-state index in [0.717, 1.165) is 0 Å². The van der Waals surface area contributed by atoms with Crippen molar-refractivity contribution in [2.75, 3.05) is 26.8 Å². The zero-order valence-corrected chi connectivity index (χ0v) is 16.0. The van der Waals surface area contributed by atoms with Crippen LogP contribution in [-0.2, 0) is 20.9 Å². The van der Waals surface area contributed by atoms with Crippen molar-refractivity contribution < 1.29 is 23.9 Å². The van der Waals surface area contributed by atoms with Gasteiger partial charge in [0.25, 0.3) is 5.91 Å². The third-order valence-corrected chi connectivity index (χ3v) is 4.39. The Morgan fingerprint density at radius 2 is 1.90 bits per heavy atom. The molecule has 2 heterocycles. The zero-order chi connectivity index (χ0) is 20.6. The molecular formula is C20H22N4O5. The quantitative estimate of drug-likeness (QED) is 0.679. The molecule has 29 heavy (non-hydrogen) atoms. The SMILES string of the molecule is COc1ccc(C(=O)N2CCO[C@@H]2CNC(=O)C(=O)NCc2ccccn2)cc1. The molecule has 1 aliphatic rings. The van der Waals surface area contributed by atoms with Crippen molar-refractivity contribution in [1.82, 2.24) is 20.5 Å². The number of rotatable bonds is 6. The van der Waals surface area contributed by atoms with Crippen LogP contribution in [0.1, 0.15) is 16.1 Å². The molecule has 2 N–H and O–H groups in total. The van der Waals surface area contributed by atoms with Gasteiger partial charge < -0.3 is 25.0 Å². The van der Waals surface area contributed by atoms with Gasteiger partial charge in [-0.3, -0.25) is 19.4 Å². The summed E-state index contributed by atoms with van der Waals surface area (Å²) in [6.45, 7) is 0.915. The number of nitrogens with one attached hydrogen (secondary N) is 2. The second kappa shape index (κ2) is 9.65. The molecule has 1 aliphatic heterocycles. The minimum atomic E-state index is -0.798. The normalized spacial score (nSPS) is 15.6. The summed E-state index contributed by atoms with van der Waals surface area (Å²) < 4.78 is 10.6. The number of hydrogen-bond acceptors (Lipinski definition) is 6. The van der Waals surface area contributed by atoms with Crippen LogP contribution in [0.3, 0.4) is 0 Å². The Morgan fingerprint density at radius 1 is 1.14 bits per heavy atom. The fourth-order valence-corrected chi connectivity index (χ4v) is 2.84. The van der Waals surface area contributed by atoms with Crippen molar-refractivity contribution in [1.29, 1.82) is 0 Å². The first kappa shape index (κ1) is 20.3. The summed E-state index contributed by atoms with van der Waals surface area (Å²) in [6, 6.07) is 12.0. The Morgan fingerprint density at radius 3 is 2.59 bits per heavy atom. The Kier molecular flexibility index (Phi) is 6.75. The van der Waals surface area contributed by atoms with Gasteiger partial charge in [-0.15, -0.1) is 0 Å². The van der Waals surface area contributed by atoms with E-state index >= 15 is 0 Å². The van der Waals surface area contributed by atoms with Crippen molar-refractivity contribution in [2.45, 2.75) is 12.8 Å². The fraction of sp³-hybridized carbons (Fsp3) is 0.300. The van der Waals surface area contributed by atoms with E-state index in [9.17, 15) is 14.4 Å². The molecule has 0 spiro atoms. The molecule has 0 radical (unpaired) electrons. The Labute approximate surface area is 168 Å². The van der Waals surface area contributed by atoms with Gasteiger partial charge in [0.1, 0.15) is 12.0 Å². The van der Waals surface area contributed by atoms with Crippen LogP contribution in [0, 0.1) is 0 Å². The molecule has 1 aromatic carbocycles. The molecule has 3 amide bonds. The standard InChI is InChI=1S/C20H22N4O5/c1-28-16-7-5-14(6-8-16)20(27)24-10-11-29-17(24)13-23-19(26)18(25)22-12-15-4-2-3-9-21-15/h2-9,17H,10-13H2,1H3,(H,22,25)(H,23,26)/t17-/m1/s1. The number of ether oxygens (including phenoxy) is 2. The van der Waals surface area contributed by atoms with E-state index in [1.165, 1.54) is 4.90 Å².